The number of hydrogen-bond acceptors (Lipinski definition) is 6. The van der Waals surface area contributed by atoms with Gasteiger partial charge in [0.05, 0.1) is 12.5 Å². The Labute approximate surface area is 168 Å². The third-order valence-electron chi connectivity index (χ3n) is 2.86. The average molecular weight is 413 g/mol. The first kappa shape index (κ1) is 24.2. The van der Waals surface area contributed by atoms with E-state index < -0.39 is 0 Å². The van der Waals surface area contributed by atoms with Crippen LogP contribution in [0, 0.1) is 0 Å². The highest BCUT2D eigenvalue weighted by Crippen LogP contribution is 2.01. The summed E-state index contributed by atoms with van der Waals surface area (Å²) < 4.78 is 10.3. The first-order valence-corrected chi connectivity index (χ1v) is 8.41. The lowest BCUT2D eigenvalue weighted by Crippen LogP contribution is -2.29. The summed E-state index contributed by atoms with van der Waals surface area (Å²) in [4.78, 5) is 0. The Morgan fingerprint density at radius 1 is 0.815 bits per heavy atom. The molecule has 0 saturated heterocycles. The molecule has 0 atom stereocenters. The lowest BCUT2D eigenvalue weighted by atomic mass is 10.3. The van der Waals surface area contributed by atoms with Gasteiger partial charge in [0, 0.05) is 14.1 Å². The number of hydrazone groups is 2. The summed E-state index contributed by atoms with van der Waals surface area (Å²) in [7, 11) is 3.46. The molecular weight excluding hydrogens is 388 g/mol. The Morgan fingerprint density at radius 2 is 1.19 bits per heavy atom. The molecule has 0 radical (unpaired) electrons. The Kier molecular flexibility index (Phi) is 12.1. The number of thiocarbonyl (C=S) groups is 2. The van der Waals surface area contributed by atoms with Crippen molar-refractivity contribution < 1.29 is 14.3 Å². The van der Waals surface area contributed by atoms with Gasteiger partial charge in [0.25, 0.3) is 0 Å². The second-order valence-electron chi connectivity index (χ2n) is 4.73. The first-order chi connectivity index (χ1) is 12.5. The maximum Gasteiger partial charge on any atom is 0.186 e. The van der Waals surface area contributed by atoms with Crippen LogP contribution in [0.4, 0.5) is 0 Å². The summed E-state index contributed by atoms with van der Waals surface area (Å²) in [6.07, 6.45) is 3.20. The fourth-order valence-electron chi connectivity index (χ4n) is 1.46. The van der Waals surface area contributed by atoms with Crippen LogP contribution in [0.5, 0.6) is 0 Å². The molecule has 0 bridgehead atoms. The molecular formula is C16H24N6O3S2. The minimum atomic E-state index is 0. The molecule has 2 rings (SSSR count). The van der Waals surface area contributed by atoms with Gasteiger partial charge < -0.3 is 24.9 Å². The number of rotatable bonds is 4. The van der Waals surface area contributed by atoms with E-state index in [2.05, 4.69) is 31.7 Å². The molecule has 0 unspecified atom stereocenters. The molecule has 0 amide bonds. The molecule has 6 N–H and O–H groups in total. The van der Waals surface area contributed by atoms with Gasteiger partial charge in [-0.05, 0) is 62.5 Å². The first-order valence-electron chi connectivity index (χ1n) is 7.59. The molecule has 27 heavy (non-hydrogen) atoms. The van der Waals surface area contributed by atoms with Gasteiger partial charge in [-0.25, -0.2) is 0 Å². The van der Waals surface area contributed by atoms with E-state index in [9.17, 15) is 0 Å². The molecule has 0 aliphatic heterocycles. The maximum absolute atomic E-state index is 5.13. The number of nitrogens with one attached hydrogen (secondary N) is 4. The molecule has 0 fully saturated rings. The van der Waals surface area contributed by atoms with Crippen molar-refractivity contribution in [2.45, 2.75) is 13.8 Å². The van der Waals surface area contributed by atoms with Crippen molar-refractivity contribution in [3.05, 3.63) is 48.3 Å². The summed E-state index contributed by atoms with van der Waals surface area (Å²) in [6.45, 7) is 3.67. The summed E-state index contributed by atoms with van der Waals surface area (Å²) >= 11 is 9.69. The van der Waals surface area contributed by atoms with Crippen LogP contribution in [0.15, 0.2) is 55.8 Å². The fourth-order valence-corrected chi connectivity index (χ4v) is 1.55. The third-order valence-corrected chi connectivity index (χ3v) is 3.45. The van der Waals surface area contributed by atoms with Gasteiger partial charge >= 0.3 is 0 Å². The van der Waals surface area contributed by atoms with Crippen LogP contribution in [0.25, 0.3) is 0 Å². The highest BCUT2D eigenvalue weighted by Gasteiger charge is 1.99. The molecule has 0 aromatic carbocycles. The Bertz CT molecular complexity index is 678. The Morgan fingerprint density at radius 3 is 1.44 bits per heavy atom. The van der Waals surface area contributed by atoms with E-state index in [0.29, 0.717) is 10.2 Å². The van der Waals surface area contributed by atoms with Crippen LogP contribution >= 0.6 is 24.4 Å². The fraction of sp³-hybridized carbons (Fsp3) is 0.250. The maximum atomic E-state index is 5.13. The van der Waals surface area contributed by atoms with E-state index >= 15 is 0 Å². The van der Waals surface area contributed by atoms with Crippen LogP contribution < -0.4 is 21.5 Å². The zero-order chi connectivity index (χ0) is 19.4. The van der Waals surface area contributed by atoms with Crippen molar-refractivity contribution in [1.82, 2.24) is 21.5 Å². The molecule has 0 saturated carbocycles. The smallest absolute Gasteiger partial charge is 0.186 e. The van der Waals surface area contributed by atoms with Gasteiger partial charge in [0.15, 0.2) is 10.2 Å². The summed E-state index contributed by atoms with van der Waals surface area (Å²) in [6, 6.07) is 7.29. The average Bonchev–Trinajstić information content (AvgIpc) is 3.37. The van der Waals surface area contributed by atoms with E-state index in [1.165, 1.54) is 0 Å². The highest BCUT2D eigenvalue weighted by molar-refractivity contribution is 7.80. The molecule has 0 spiro atoms. The number of nitrogens with zero attached hydrogens (tertiary/aromatic N) is 2. The van der Waals surface area contributed by atoms with E-state index in [0.717, 1.165) is 22.9 Å². The predicted octanol–water partition coefficient (Wildman–Crippen LogP) is 1.37. The van der Waals surface area contributed by atoms with Crippen molar-refractivity contribution in [2.24, 2.45) is 10.2 Å². The quantitative estimate of drug-likeness (QED) is 0.336. The molecule has 2 aromatic rings. The Balaban J connectivity index is 0.000000483. The molecule has 2 heterocycles. The highest BCUT2D eigenvalue weighted by atomic mass is 32.1. The molecule has 2 aromatic heterocycles. The summed E-state index contributed by atoms with van der Waals surface area (Å²) in [5.41, 5.74) is 6.84. The van der Waals surface area contributed by atoms with E-state index in [1.807, 2.05) is 38.1 Å². The lowest BCUT2D eigenvalue weighted by Gasteiger charge is -2.01. The van der Waals surface area contributed by atoms with Crippen molar-refractivity contribution in [2.75, 3.05) is 14.1 Å². The largest absolute Gasteiger partial charge is 0.463 e. The lowest BCUT2D eigenvalue weighted by molar-refractivity contribution is 0.556. The molecule has 148 valence electrons. The number of hydrogen-bond donors (Lipinski definition) is 4. The van der Waals surface area contributed by atoms with E-state index in [1.54, 1.807) is 26.6 Å². The monoisotopic (exact) mass is 412 g/mol. The zero-order valence-corrected chi connectivity index (χ0v) is 17.1. The minimum absolute atomic E-state index is 0. The van der Waals surface area contributed by atoms with Crippen LogP contribution in [-0.2, 0) is 0 Å². The van der Waals surface area contributed by atoms with Crippen LogP contribution in [0.1, 0.15) is 25.4 Å². The van der Waals surface area contributed by atoms with Gasteiger partial charge in [-0.3, -0.25) is 10.9 Å². The summed E-state index contributed by atoms with van der Waals surface area (Å²) in [5.74, 6) is 1.46. The van der Waals surface area contributed by atoms with E-state index in [-0.39, 0.29) is 5.48 Å². The molecule has 0 aliphatic rings. The molecule has 9 nitrogen and oxygen atoms in total. The topological polar surface area (TPSA) is 131 Å². The van der Waals surface area contributed by atoms with Crippen LogP contribution in [0.3, 0.4) is 0 Å². The van der Waals surface area contributed by atoms with Gasteiger partial charge in [-0.1, -0.05) is 0 Å². The van der Waals surface area contributed by atoms with E-state index in [4.69, 9.17) is 33.3 Å². The van der Waals surface area contributed by atoms with Crippen molar-refractivity contribution in [3.8, 4) is 0 Å². The standard InChI is InChI=1S/2C8H11N3OS.H2O/c2*1-6(7-4-3-5-12-7)10-11-8(13)9-2;/h2*3-5H,1-2H3,(H2,9,11,13);1H2/b2*10-6+;. The van der Waals surface area contributed by atoms with Gasteiger partial charge in [-0.2, -0.15) is 10.2 Å². The van der Waals surface area contributed by atoms with Gasteiger partial charge in [-0.15, -0.1) is 0 Å². The zero-order valence-electron chi connectivity index (χ0n) is 15.5. The van der Waals surface area contributed by atoms with Crippen LogP contribution in [0.2, 0.25) is 0 Å². The minimum Gasteiger partial charge on any atom is -0.463 e. The van der Waals surface area contributed by atoms with Gasteiger partial charge in [0.1, 0.15) is 22.9 Å². The SMILES string of the molecule is CNC(=S)N/N=C(\C)c1ccco1.CNC(=S)N/N=C(\C)c1ccco1.O. The second kappa shape index (κ2) is 13.4. The normalized spacial score (nSPS) is 10.7. The predicted molar refractivity (Wildman–Crippen MR) is 115 cm³/mol. The van der Waals surface area contributed by atoms with Crippen LogP contribution in [-0.4, -0.2) is 41.2 Å². The molecule has 11 heteroatoms. The van der Waals surface area contributed by atoms with Crippen molar-refractivity contribution in [3.63, 3.8) is 0 Å². The Hall–Kier alpha value is -2.76. The summed E-state index contributed by atoms with van der Waals surface area (Å²) in [5, 5.41) is 14.5. The van der Waals surface area contributed by atoms with Crippen molar-refractivity contribution in [1.29, 1.82) is 0 Å². The third kappa shape index (κ3) is 9.49. The van der Waals surface area contributed by atoms with Gasteiger partial charge in [0.2, 0.25) is 0 Å². The number of furan rings is 2. The van der Waals surface area contributed by atoms with Crippen molar-refractivity contribution >= 4 is 46.1 Å². The molecule has 0 aliphatic carbocycles. The second-order valence-corrected chi connectivity index (χ2v) is 5.55.